The summed E-state index contributed by atoms with van der Waals surface area (Å²) in [5, 5.41) is 0. The highest BCUT2D eigenvalue weighted by Gasteiger charge is 2.42. The van der Waals surface area contributed by atoms with Gasteiger partial charge in [-0.3, -0.25) is 0 Å². The van der Waals surface area contributed by atoms with Crippen molar-refractivity contribution in [2.24, 2.45) is 0 Å². The van der Waals surface area contributed by atoms with E-state index in [9.17, 15) is 0 Å². The number of para-hydroxylation sites is 2. The molecule has 0 radical (unpaired) electrons. The first kappa shape index (κ1) is 24.2. The van der Waals surface area contributed by atoms with E-state index in [1.165, 1.54) is 11.1 Å². The molecule has 2 heterocycles. The summed E-state index contributed by atoms with van der Waals surface area (Å²) in [6.07, 6.45) is 0. The van der Waals surface area contributed by atoms with Gasteiger partial charge in [0.1, 0.15) is 0 Å². The van der Waals surface area contributed by atoms with Gasteiger partial charge in [0.05, 0.1) is 0 Å². The maximum absolute atomic E-state index is 6.25. The van der Waals surface area contributed by atoms with Crippen molar-refractivity contribution in [1.82, 2.24) is 0 Å². The quantitative estimate of drug-likeness (QED) is 0.233. The molecule has 4 aromatic rings. The Balaban J connectivity index is 1.21. The lowest BCUT2D eigenvalue weighted by atomic mass is 9.77. The van der Waals surface area contributed by atoms with Gasteiger partial charge in [0.2, 0.25) is 0 Å². The van der Waals surface area contributed by atoms with Crippen molar-refractivity contribution < 1.29 is 22.4 Å². The summed E-state index contributed by atoms with van der Waals surface area (Å²) in [4.78, 5) is 0. The Morgan fingerprint density at radius 2 is 0.892 bits per heavy atom. The van der Waals surface area contributed by atoms with Crippen LogP contribution in [0.3, 0.4) is 0 Å². The topological polar surface area (TPSA) is 46.2 Å². The Morgan fingerprint density at radius 3 is 1.30 bits per heavy atom. The Bertz CT molecular complexity index is 1310. The average Bonchev–Trinajstić information content (AvgIpc) is 3.52. The summed E-state index contributed by atoms with van der Waals surface area (Å²) < 4.78 is 30.8. The lowest BCUT2D eigenvalue weighted by Gasteiger charge is -2.27. The van der Waals surface area contributed by atoms with E-state index in [4.69, 9.17) is 22.4 Å². The van der Waals surface area contributed by atoms with Gasteiger partial charge in [-0.15, -0.1) is 0 Å². The van der Waals surface area contributed by atoms with Crippen LogP contribution in [0.5, 0.6) is 23.0 Å². The summed E-state index contributed by atoms with van der Waals surface area (Å²) in [6, 6.07) is 32.7. The third-order valence-electron chi connectivity index (χ3n) is 7.11. The zero-order valence-corrected chi connectivity index (χ0v) is 23.0. The maximum Gasteiger partial charge on any atom is 0.472 e. The van der Waals surface area contributed by atoms with Crippen molar-refractivity contribution in [2.45, 2.75) is 38.5 Å². The molecule has 0 spiro atoms. The van der Waals surface area contributed by atoms with Crippen LogP contribution in [0.4, 0.5) is 0 Å². The predicted molar refractivity (Wildman–Crippen MR) is 147 cm³/mol. The van der Waals surface area contributed by atoms with E-state index < -0.39 is 17.2 Å². The first-order chi connectivity index (χ1) is 17.8. The largest absolute Gasteiger partial charge is 0.472 e. The van der Waals surface area contributed by atoms with Gasteiger partial charge in [-0.2, -0.15) is 4.31 Å². The number of hydrogen-bond donors (Lipinski definition) is 0. The van der Waals surface area contributed by atoms with Gasteiger partial charge in [-0.25, -0.2) is 0 Å². The molecule has 2 aliphatic rings. The molecule has 2 atom stereocenters. The molecule has 6 rings (SSSR count). The van der Waals surface area contributed by atoms with E-state index in [0.29, 0.717) is 23.0 Å². The first-order valence-corrected chi connectivity index (χ1v) is 14.4. The van der Waals surface area contributed by atoms with Crippen LogP contribution in [0.1, 0.15) is 49.9 Å². The predicted octanol–water partition coefficient (Wildman–Crippen LogP) is 9.05. The van der Waals surface area contributed by atoms with Crippen molar-refractivity contribution in [1.29, 1.82) is 0 Å². The van der Waals surface area contributed by atoms with Crippen LogP contribution < -0.4 is 18.1 Å². The van der Waals surface area contributed by atoms with Gasteiger partial charge in [0.15, 0.2) is 23.0 Å². The molecular weight excluding hydrogens is 502 g/mol. The number of rotatable bonds is 6. The van der Waals surface area contributed by atoms with Gasteiger partial charge in [0.25, 0.3) is 0 Å². The average molecular weight is 530 g/mol. The van der Waals surface area contributed by atoms with E-state index in [2.05, 4.69) is 88.4 Å². The molecule has 0 saturated carbocycles. The van der Waals surface area contributed by atoms with Crippen molar-refractivity contribution in [3.63, 3.8) is 0 Å². The molecule has 0 aliphatic carbocycles. The molecular formula is C30H28O5P2. The fourth-order valence-electron chi connectivity index (χ4n) is 4.84. The van der Waals surface area contributed by atoms with Crippen molar-refractivity contribution >= 4 is 17.2 Å². The Kier molecular flexibility index (Phi) is 6.12. The molecule has 7 heteroatoms. The van der Waals surface area contributed by atoms with Gasteiger partial charge >= 0.3 is 17.2 Å². The summed E-state index contributed by atoms with van der Waals surface area (Å²) in [7, 11) is -3.44. The second-order valence-corrected chi connectivity index (χ2v) is 12.4. The smallest absolute Gasteiger partial charge is 0.413 e. The molecule has 5 nitrogen and oxygen atoms in total. The molecule has 37 heavy (non-hydrogen) atoms. The molecule has 2 aliphatic heterocycles. The highest BCUT2D eigenvalue weighted by Crippen LogP contribution is 2.66. The van der Waals surface area contributed by atoms with Crippen molar-refractivity contribution in [3.8, 4) is 23.0 Å². The fraction of sp³-hybridized carbons (Fsp3) is 0.200. The molecule has 188 valence electrons. The minimum absolute atomic E-state index is 0.277. The van der Waals surface area contributed by atoms with Crippen LogP contribution in [-0.2, 0) is 15.1 Å². The van der Waals surface area contributed by atoms with E-state index >= 15 is 0 Å². The Morgan fingerprint density at radius 1 is 0.486 bits per heavy atom. The summed E-state index contributed by atoms with van der Waals surface area (Å²) in [6.45, 7) is 8.73. The molecule has 0 amide bonds. The highest BCUT2D eigenvalue weighted by molar-refractivity contribution is 7.56. The first-order valence-electron chi connectivity index (χ1n) is 12.2. The second kappa shape index (κ2) is 9.33. The van der Waals surface area contributed by atoms with Crippen LogP contribution in [0, 0.1) is 0 Å². The van der Waals surface area contributed by atoms with Crippen LogP contribution in [-0.4, -0.2) is 0 Å². The minimum Gasteiger partial charge on any atom is -0.413 e. The standard InChI is InChI=1S/C30H28O5P2/c1-29(2,21-13-7-5-8-14-21)23-17-11-19-25-27(23)33-36(31-25)35-37-32-26-20-12-18-24(28(26)34-37)30(3,4)22-15-9-6-10-16-22/h5-20H,1-4H3. The number of fused-ring (bicyclic) bond motifs is 2. The van der Waals surface area contributed by atoms with E-state index in [-0.39, 0.29) is 10.8 Å². The minimum atomic E-state index is -1.72. The molecule has 0 N–H and O–H groups in total. The summed E-state index contributed by atoms with van der Waals surface area (Å²) >= 11 is 0. The molecule has 0 bridgehead atoms. The van der Waals surface area contributed by atoms with Gasteiger partial charge in [-0.05, 0) is 23.3 Å². The van der Waals surface area contributed by atoms with E-state index in [1.54, 1.807) is 0 Å². The van der Waals surface area contributed by atoms with Crippen LogP contribution >= 0.6 is 17.2 Å². The molecule has 0 saturated heterocycles. The SMILES string of the molecule is CC(C)(c1ccccc1)c1cccc2c1OP(OP1Oc3cccc(C(C)(C)c4ccccc4)c3O1)O2. The normalized spacial score (nSPS) is 18.2. The Hall–Kier alpha value is -3.10. The second-order valence-electron chi connectivity index (χ2n) is 10.1. The third kappa shape index (κ3) is 4.36. The van der Waals surface area contributed by atoms with Crippen LogP contribution in [0.25, 0.3) is 0 Å². The van der Waals surface area contributed by atoms with Gasteiger partial charge in [0, 0.05) is 22.0 Å². The number of hydrogen-bond acceptors (Lipinski definition) is 5. The number of benzene rings is 4. The fourth-order valence-corrected chi connectivity index (χ4v) is 7.16. The lowest BCUT2D eigenvalue weighted by Crippen LogP contribution is -2.19. The highest BCUT2D eigenvalue weighted by atomic mass is 31.2. The van der Waals surface area contributed by atoms with E-state index in [0.717, 1.165) is 11.1 Å². The molecule has 2 unspecified atom stereocenters. The zero-order chi connectivity index (χ0) is 25.6. The molecule has 0 aromatic heterocycles. The van der Waals surface area contributed by atoms with Gasteiger partial charge in [-0.1, -0.05) is 113 Å². The zero-order valence-electron chi connectivity index (χ0n) is 21.2. The van der Waals surface area contributed by atoms with Crippen LogP contribution in [0.2, 0.25) is 0 Å². The van der Waals surface area contributed by atoms with E-state index in [1.807, 2.05) is 36.4 Å². The summed E-state index contributed by atoms with van der Waals surface area (Å²) in [5.41, 5.74) is 3.92. The van der Waals surface area contributed by atoms with Crippen LogP contribution in [0.15, 0.2) is 97.1 Å². The van der Waals surface area contributed by atoms with Crippen molar-refractivity contribution in [3.05, 3.63) is 119 Å². The Labute approximate surface area is 220 Å². The molecule has 4 aromatic carbocycles. The molecule has 0 fully saturated rings. The monoisotopic (exact) mass is 530 g/mol. The van der Waals surface area contributed by atoms with Crippen molar-refractivity contribution in [2.75, 3.05) is 0 Å². The van der Waals surface area contributed by atoms with Gasteiger partial charge < -0.3 is 18.1 Å². The lowest BCUT2D eigenvalue weighted by molar-refractivity contribution is 0.388. The summed E-state index contributed by atoms with van der Waals surface area (Å²) in [5.74, 6) is 2.76. The third-order valence-corrected chi connectivity index (χ3v) is 9.53. The maximum atomic E-state index is 6.25.